The number of benzene rings is 1. The average Bonchev–Trinajstić information content (AvgIpc) is 3.18. The third-order valence-electron chi connectivity index (χ3n) is 5.70. The summed E-state index contributed by atoms with van der Waals surface area (Å²) in [6.45, 7) is 6.74. The van der Waals surface area contributed by atoms with Crippen LogP contribution in [0.5, 0.6) is 0 Å². The van der Waals surface area contributed by atoms with E-state index in [1.54, 1.807) is 0 Å². The molecular weight excluding hydrogens is 424 g/mol. The van der Waals surface area contributed by atoms with Crippen molar-refractivity contribution in [1.82, 2.24) is 0 Å². The number of nitrogens with two attached hydrogens (primary N) is 1. The number of fused-ring (bicyclic) bond motifs is 2. The summed E-state index contributed by atoms with van der Waals surface area (Å²) >= 11 is 9.28. The quantitative estimate of drug-likeness (QED) is 0.508. The predicted molar refractivity (Wildman–Crippen MR) is 123 cm³/mol. The van der Waals surface area contributed by atoms with Crippen molar-refractivity contribution in [3.63, 3.8) is 0 Å². The lowest BCUT2D eigenvalue weighted by Crippen LogP contribution is -2.27. The Balaban J connectivity index is 1.68. The van der Waals surface area contributed by atoms with Crippen LogP contribution < -0.4 is 11.1 Å². The fraction of sp³-hybridized carbons (Fsp3) is 0.364. The zero-order valence-electron chi connectivity index (χ0n) is 16.6. The number of hydrogen-bond acceptors (Lipinski definition) is 4. The van der Waals surface area contributed by atoms with Gasteiger partial charge in [0, 0.05) is 15.0 Å². The highest BCUT2D eigenvalue weighted by molar-refractivity contribution is 7.22. The Morgan fingerprint density at radius 2 is 1.93 bits per heavy atom. The van der Waals surface area contributed by atoms with Gasteiger partial charge in [-0.3, -0.25) is 9.59 Å². The summed E-state index contributed by atoms with van der Waals surface area (Å²) in [5.41, 5.74) is 7.36. The topological polar surface area (TPSA) is 72.2 Å². The maximum absolute atomic E-state index is 13.0. The molecule has 3 N–H and O–H groups in total. The number of primary amides is 1. The number of amides is 2. The minimum atomic E-state index is -0.491. The molecule has 0 spiro atoms. The molecule has 2 aromatic heterocycles. The van der Waals surface area contributed by atoms with Gasteiger partial charge in [-0.25, -0.2) is 0 Å². The predicted octanol–water partition coefficient (Wildman–Crippen LogP) is 6.12. The average molecular weight is 447 g/mol. The SMILES string of the molecule is CC(C)(C)[C@@H]1CCc2c(sc(NC(=O)c3sc4ccccc4c3Cl)c2C(N)=O)C1. The maximum Gasteiger partial charge on any atom is 0.267 e. The van der Waals surface area contributed by atoms with E-state index in [1.165, 1.54) is 22.7 Å². The molecule has 0 radical (unpaired) electrons. The molecule has 2 heterocycles. The number of anilines is 1. The summed E-state index contributed by atoms with van der Waals surface area (Å²) < 4.78 is 0.955. The fourth-order valence-corrected chi connectivity index (χ4v) is 6.73. The van der Waals surface area contributed by atoms with Crippen molar-refractivity contribution in [1.29, 1.82) is 0 Å². The van der Waals surface area contributed by atoms with Crippen LogP contribution >= 0.6 is 34.3 Å². The second-order valence-electron chi connectivity index (χ2n) is 8.57. The second kappa shape index (κ2) is 7.42. The minimum Gasteiger partial charge on any atom is -0.365 e. The van der Waals surface area contributed by atoms with E-state index < -0.39 is 5.91 Å². The van der Waals surface area contributed by atoms with Gasteiger partial charge < -0.3 is 11.1 Å². The number of hydrogen-bond donors (Lipinski definition) is 2. The Morgan fingerprint density at radius 3 is 2.59 bits per heavy atom. The van der Waals surface area contributed by atoms with Gasteiger partial charge in [0.1, 0.15) is 9.88 Å². The summed E-state index contributed by atoms with van der Waals surface area (Å²) in [4.78, 5) is 26.8. The molecule has 2 amide bonds. The monoisotopic (exact) mass is 446 g/mol. The third-order valence-corrected chi connectivity index (χ3v) is 8.55. The van der Waals surface area contributed by atoms with Crippen LogP contribution in [-0.4, -0.2) is 11.8 Å². The minimum absolute atomic E-state index is 0.197. The van der Waals surface area contributed by atoms with Gasteiger partial charge >= 0.3 is 0 Å². The second-order valence-corrected chi connectivity index (χ2v) is 11.1. The van der Waals surface area contributed by atoms with Crippen molar-refractivity contribution >= 4 is 61.2 Å². The highest BCUT2D eigenvalue weighted by atomic mass is 35.5. The summed E-state index contributed by atoms with van der Waals surface area (Å²) in [5.74, 6) is -0.255. The van der Waals surface area contributed by atoms with Crippen LogP contribution in [0.25, 0.3) is 10.1 Å². The van der Waals surface area contributed by atoms with Gasteiger partial charge in [0.2, 0.25) is 0 Å². The number of rotatable bonds is 3. The molecule has 1 aliphatic rings. The maximum atomic E-state index is 13.0. The summed E-state index contributed by atoms with van der Waals surface area (Å²) in [6.07, 6.45) is 2.73. The largest absolute Gasteiger partial charge is 0.365 e. The Morgan fingerprint density at radius 1 is 1.21 bits per heavy atom. The molecular formula is C22H23ClN2O2S2. The molecule has 0 fully saturated rings. The number of nitrogens with one attached hydrogen (secondary N) is 1. The zero-order chi connectivity index (χ0) is 20.9. The molecule has 0 aliphatic heterocycles. The molecule has 4 rings (SSSR count). The highest BCUT2D eigenvalue weighted by Crippen LogP contribution is 2.44. The van der Waals surface area contributed by atoms with E-state index >= 15 is 0 Å². The summed E-state index contributed by atoms with van der Waals surface area (Å²) in [7, 11) is 0. The van der Waals surface area contributed by atoms with Crippen molar-refractivity contribution < 1.29 is 9.59 Å². The van der Waals surface area contributed by atoms with E-state index in [0.29, 0.717) is 26.4 Å². The molecule has 4 nitrogen and oxygen atoms in total. The molecule has 152 valence electrons. The highest BCUT2D eigenvalue weighted by Gasteiger charge is 2.33. The lowest BCUT2D eigenvalue weighted by Gasteiger charge is -2.33. The van der Waals surface area contributed by atoms with E-state index in [4.69, 9.17) is 17.3 Å². The first kappa shape index (κ1) is 20.4. The summed E-state index contributed by atoms with van der Waals surface area (Å²) in [6, 6.07) is 7.65. The Bertz CT molecular complexity index is 1120. The van der Waals surface area contributed by atoms with Gasteiger partial charge in [-0.15, -0.1) is 22.7 Å². The van der Waals surface area contributed by atoms with E-state index in [2.05, 4.69) is 26.1 Å². The van der Waals surface area contributed by atoms with E-state index in [1.807, 2.05) is 24.3 Å². The first-order valence-corrected chi connectivity index (χ1v) is 11.6. The van der Waals surface area contributed by atoms with Gasteiger partial charge in [0.15, 0.2) is 0 Å². The van der Waals surface area contributed by atoms with Crippen LogP contribution in [-0.2, 0) is 12.8 Å². The zero-order valence-corrected chi connectivity index (χ0v) is 19.0. The standard InChI is InChI=1S/C22H23ClN2O2S2/c1-22(2,3)11-8-9-12-15(10-11)29-21(16(12)19(24)26)25-20(27)18-17(23)13-6-4-5-7-14(13)28-18/h4-7,11H,8-10H2,1-3H3,(H2,24,26)(H,25,27)/t11-/m1/s1. The van der Waals surface area contributed by atoms with Crippen LogP contribution in [0.1, 0.15) is 57.7 Å². The van der Waals surface area contributed by atoms with Crippen molar-refractivity contribution in [2.45, 2.75) is 40.0 Å². The van der Waals surface area contributed by atoms with Crippen LogP contribution in [0.4, 0.5) is 5.00 Å². The van der Waals surface area contributed by atoms with Crippen LogP contribution in [0.3, 0.4) is 0 Å². The molecule has 1 aliphatic carbocycles. The fourth-order valence-electron chi connectivity index (χ4n) is 3.99. The van der Waals surface area contributed by atoms with Gasteiger partial charge in [0.05, 0.1) is 10.6 Å². The van der Waals surface area contributed by atoms with Crippen LogP contribution in [0, 0.1) is 11.3 Å². The molecule has 0 saturated carbocycles. The van der Waals surface area contributed by atoms with Crippen molar-refractivity contribution in [3.8, 4) is 0 Å². The lowest BCUT2D eigenvalue weighted by atomic mass is 9.72. The van der Waals surface area contributed by atoms with Crippen molar-refractivity contribution in [3.05, 3.63) is 50.2 Å². The molecule has 0 bridgehead atoms. The first-order chi connectivity index (χ1) is 13.7. The van der Waals surface area contributed by atoms with E-state index in [9.17, 15) is 9.59 Å². The van der Waals surface area contributed by atoms with Gasteiger partial charge in [0.25, 0.3) is 11.8 Å². The Kier molecular flexibility index (Phi) is 5.21. The van der Waals surface area contributed by atoms with Crippen molar-refractivity contribution in [2.24, 2.45) is 17.1 Å². The van der Waals surface area contributed by atoms with Crippen LogP contribution in [0.15, 0.2) is 24.3 Å². The smallest absolute Gasteiger partial charge is 0.267 e. The molecule has 1 aromatic carbocycles. The first-order valence-electron chi connectivity index (χ1n) is 9.59. The molecule has 0 saturated heterocycles. The normalized spacial score (nSPS) is 16.6. The van der Waals surface area contributed by atoms with Crippen LogP contribution in [0.2, 0.25) is 5.02 Å². The molecule has 0 unspecified atom stereocenters. The molecule has 1 atom stereocenters. The third kappa shape index (κ3) is 3.69. The Labute approximate surface area is 183 Å². The number of carbonyl (C=O) groups is 2. The molecule has 3 aromatic rings. The summed E-state index contributed by atoms with van der Waals surface area (Å²) in [5, 5.41) is 4.76. The van der Waals surface area contributed by atoms with E-state index in [-0.39, 0.29) is 11.3 Å². The molecule has 29 heavy (non-hydrogen) atoms. The van der Waals surface area contributed by atoms with Gasteiger partial charge in [-0.1, -0.05) is 50.6 Å². The van der Waals surface area contributed by atoms with E-state index in [0.717, 1.165) is 39.8 Å². The lowest BCUT2D eigenvalue weighted by molar-refractivity contribution is 0.1000. The number of carbonyl (C=O) groups excluding carboxylic acids is 2. The van der Waals surface area contributed by atoms with Gasteiger partial charge in [-0.05, 0) is 42.2 Å². The number of halogens is 1. The van der Waals surface area contributed by atoms with Crippen molar-refractivity contribution in [2.75, 3.05) is 5.32 Å². The molecule has 7 heteroatoms. The Hall–Kier alpha value is -1.89. The van der Waals surface area contributed by atoms with Gasteiger partial charge in [-0.2, -0.15) is 0 Å². The number of thiophene rings is 2.